The number of aliphatic hydroxyl groups is 3. The van der Waals surface area contributed by atoms with Crippen molar-refractivity contribution in [2.75, 3.05) is 0 Å². The molecule has 2 unspecified atom stereocenters. The third-order valence-electron chi connectivity index (χ3n) is 5.19. The molecular formula is C23H46O3. The van der Waals surface area contributed by atoms with E-state index >= 15 is 0 Å². The fourth-order valence-electron chi connectivity index (χ4n) is 3.31. The zero-order valence-electron chi connectivity index (χ0n) is 18.0. The molecule has 0 heterocycles. The van der Waals surface area contributed by atoms with Gasteiger partial charge in [0.1, 0.15) is 11.9 Å². The summed E-state index contributed by atoms with van der Waals surface area (Å²) in [5.41, 5.74) is 0.659. The number of unbranched alkanes of at least 4 members (excludes halogenated alkanes) is 11. The molecule has 3 nitrogen and oxygen atoms in total. The largest absolute Gasteiger partial charge is 0.510 e. The highest BCUT2D eigenvalue weighted by atomic mass is 16.4. The molecule has 3 heteroatoms. The average molecular weight is 371 g/mol. The van der Waals surface area contributed by atoms with Crippen molar-refractivity contribution >= 4 is 0 Å². The zero-order valence-corrected chi connectivity index (χ0v) is 18.0. The fraction of sp³-hybridized carbons (Fsp3) is 0.913. The van der Waals surface area contributed by atoms with Gasteiger partial charge in [-0.3, -0.25) is 0 Å². The van der Waals surface area contributed by atoms with Crippen LogP contribution in [0.1, 0.15) is 118 Å². The molecule has 0 aliphatic heterocycles. The Morgan fingerprint density at radius 3 is 1.31 bits per heavy atom. The molecule has 0 aromatic heterocycles. The third kappa shape index (κ3) is 14.6. The summed E-state index contributed by atoms with van der Waals surface area (Å²) < 4.78 is 0. The van der Waals surface area contributed by atoms with Gasteiger partial charge in [0.25, 0.3) is 0 Å². The summed E-state index contributed by atoms with van der Waals surface area (Å²) in [6, 6.07) is 0. The lowest BCUT2D eigenvalue weighted by Gasteiger charge is -2.18. The summed E-state index contributed by atoms with van der Waals surface area (Å²) in [5, 5.41) is 29.4. The van der Waals surface area contributed by atoms with Gasteiger partial charge in [-0.25, -0.2) is 0 Å². The predicted octanol–water partition coefficient (Wildman–Crippen LogP) is 6.68. The zero-order chi connectivity index (χ0) is 19.8. The van der Waals surface area contributed by atoms with Crippen LogP contribution in [0.15, 0.2) is 11.3 Å². The van der Waals surface area contributed by atoms with Gasteiger partial charge in [0, 0.05) is 0 Å². The number of aliphatic hydroxyl groups excluding tert-OH is 3. The van der Waals surface area contributed by atoms with Gasteiger partial charge in [0.05, 0.1) is 6.10 Å². The molecule has 0 bridgehead atoms. The second kappa shape index (κ2) is 16.6. The minimum Gasteiger partial charge on any atom is -0.510 e. The van der Waals surface area contributed by atoms with Crippen LogP contribution >= 0.6 is 0 Å². The van der Waals surface area contributed by atoms with Crippen LogP contribution in [-0.2, 0) is 0 Å². The standard InChI is InChI=1S/C23H46O3/c1-19(2)17-15-13-11-9-7-5-6-8-10-12-14-16-18-21(24)23(26)22(25)20(3)4/h19,21,23-26H,5-18H2,1-4H3. The molecule has 0 aliphatic rings. The topological polar surface area (TPSA) is 60.7 Å². The van der Waals surface area contributed by atoms with Gasteiger partial charge in [0.2, 0.25) is 0 Å². The van der Waals surface area contributed by atoms with Crippen LogP contribution in [-0.4, -0.2) is 27.5 Å². The number of hydrogen-bond donors (Lipinski definition) is 3. The molecule has 0 fully saturated rings. The Balaban J connectivity index is 3.35. The summed E-state index contributed by atoms with van der Waals surface area (Å²) in [6.45, 7) is 8.08. The molecule has 0 aromatic rings. The summed E-state index contributed by atoms with van der Waals surface area (Å²) in [6.07, 6.45) is 15.5. The molecule has 0 rings (SSSR count). The second-order valence-corrected chi connectivity index (χ2v) is 8.61. The van der Waals surface area contributed by atoms with Gasteiger partial charge in [-0.2, -0.15) is 0 Å². The summed E-state index contributed by atoms with van der Waals surface area (Å²) >= 11 is 0. The lowest BCUT2D eigenvalue weighted by molar-refractivity contribution is 0.0112. The van der Waals surface area contributed by atoms with Crippen LogP contribution in [0.4, 0.5) is 0 Å². The van der Waals surface area contributed by atoms with Crippen molar-refractivity contribution in [2.24, 2.45) is 5.92 Å². The molecule has 156 valence electrons. The third-order valence-corrected chi connectivity index (χ3v) is 5.19. The van der Waals surface area contributed by atoms with Gasteiger partial charge < -0.3 is 15.3 Å². The Kier molecular flexibility index (Phi) is 16.3. The Morgan fingerprint density at radius 2 is 0.962 bits per heavy atom. The average Bonchev–Trinajstić information content (AvgIpc) is 2.60. The Morgan fingerprint density at radius 1 is 0.615 bits per heavy atom. The van der Waals surface area contributed by atoms with E-state index in [0.29, 0.717) is 12.0 Å². The maximum absolute atomic E-state index is 9.90. The van der Waals surface area contributed by atoms with Crippen molar-refractivity contribution in [1.29, 1.82) is 0 Å². The van der Waals surface area contributed by atoms with Crippen molar-refractivity contribution in [3.8, 4) is 0 Å². The van der Waals surface area contributed by atoms with Gasteiger partial charge >= 0.3 is 0 Å². The minimum absolute atomic E-state index is 0.0857. The van der Waals surface area contributed by atoms with Crippen molar-refractivity contribution < 1.29 is 15.3 Å². The summed E-state index contributed by atoms with van der Waals surface area (Å²) in [4.78, 5) is 0. The molecule has 0 aliphatic carbocycles. The van der Waals surface area contributed by atoms with Crippen LogP contribution < -0.4 is 0 Å². The minimum atomic E-state index is -1.13. The molecule has 3 N–H and O–H groups in total. The van der Waals surface area contributed by atoms with E-state index in [1.54, 1.807) is 13.8 Å². The van der Waals surface area contributed by atoms with Gasteiger partial charge in [-0.15, -0.1) is 0 Å². The first kappa shape index (κ1) is 25.5. The molecule has 2 atom stereocenters. The number of hydrogen-bond acceptors (Lipinski definition) is 3. The SMILES string of the molecule is CC(C)=C(O)C(O)C(O)CCCCCCCCCCCCCCC(C)C. The molecule has 0 amide bonds. The van der Waals surface area contributed by atoms with E-state index in [4.69, 9.17) is 0 Å². The highest BCUT2D eigenvalue weighted by Gasteiger charge is 2.20. The smallest absolute Gasteiger partial charge is 0.136 e. The first-order valence-corrected chi connectivity index (χ1v) is 11.1. The highest BCUT2D eigenvalue weighted by molar-refractivity contribution is 5.07. The Hall–Kier alpha value is -0.540. The maximum Gasteiger partial charge on any atom is 0.136 e. The van der Waals surface area contributed by atoms with E-state index in [9.17, 15) is 15.3 Å². The van der Waals surface area contributed by atoms with Gasteiger partial charge in [-0.1, -0.05) is 97.3 Å². The number of allylic oxidation sites excluding steroid dienone is 1. The number of rotatable bonds is 17. The van der Waals surface area contributed by atoms with Crippen molar-refractivity contribution in [3.05, 3.63) is 11.3 Å². The Bertz CT molecular complexity index is 345. The van der Waals surface area contributed by atoms with Crippen molar-refractivity contribution in [2.45, 2.75) is 130 Å². The fourth-order valence-corrected chi connectivity index (χ4v) is 3.31. The van der Waals surface area contributed by atoms with Gasteiger partial charge in [0.15, 0.2) is 0 Å². The van der Waals surface area contributed by atoms with E-state index < -0.39 is 12.2 Å². The quantitative estimate of drug-likeness (QED) is 0.198. The normalized spacial score (nSPS) is 13.8. The molecule has 0 aromatic carbocycles. The van der Waals surface area contributed by atoms with Crippen LogP contribution in [0.25, 0.3) is 0 Å². The molecule has 0 saturated heterocycles. The lowest BCUT2D eigenvalue weighted by atomic mass is 10.0. The first-order valence-electron chi connectivity index (χ1n) is 11.1. The van der Waals surface area contributed by atoms with E-state index in [1.807, 2.05) is 0 Å². The van der Waals surface area contributed by atoms with E-state index in [0.717, 1.165) is 18.8 Å². The van der Waals surface area contributed by atoms with Crippen LogP contribution in [0.3, 0.4) is 0 Å². The first-order chi connectivity index (χ1) is 12.4. The monoisotopic (exact) mass is 370 g/mol. The van der Waals surface area contributed by atoms with Crippen LogP contribution in [0.5, 0.6) is 0 Å². The molecule has 0 saturated carbocycles. The van der Waals surface area contributed by atoms with Crippen molar-refractivity contribution in [1.82, 2.24) is 0 Å². The maximum atomic E-state index is 9.90. The molecule has 0 spiro atoms. The summed E-state index contributed by atoms with van der Waals surface area (Å²) in [7, 11) is 0. The highest BCUT2D eigenvalue weighted by Crippen LogP contribution is 2.16. The Labute approximate surface area is 162 Å². The molecule has 0 radical (unpaired) electrons. The summed E-state index contributed by atoms with van der Waals surface area (Å²) in [5.74, 6) is 0.769. The van der Waals surface area contributed by atoms with Crippen LogP contribution in [0, 0.1) is 5.92 Å². The van der Waals surface area contributed by atoms with E-state index in [-0.39, 0.29) is 5.76 Å². The van der Waals surface area contributed by atoms with Gasteiger partial charge in [-0.05, 0) is 31.8 Å². The van der Waals surface area contributed by atoms with E-state index in [2.05, 4.69) is 13.8 Å². The molecule has 26 heavy (non-hydrogen) atoms. The molecular weight excluding hydrogens is 324 g/mol. The lowest BCUT2D eigenvalue weighted by Crippen LogP contribution is -2.28. The van der Waals surface area contributed by atoms with Crippen LogP contribution in [0.2, 0.25) is 0 Å². The van der Waals surface area contributed by atoms with E-state index in [1.165, 1.54) is 70.6 Å². The van der Waals surface area contributed by atoms with Crippen molar-refractivity contribution in [3.63, 3.8) is 0 Å². The predicted molar refractivity (Wildman–Crippen MR) is 112 cm³/mol. The second-order valence-electron chi connectivity index (χ2n) is 8.61.